The number of nitrogens with zero attached hydrogens (tertiary/aromatic N) is 1. The summed E-state index contributed by atoms with van der Waals surface area (Å²) in [5.41, 5.74) is -0.182. The van der Waals surface area contributed by atoms with Crippen molar-refractivity contribution in [1.82, 2.24) is 4.90 Å². The van der Waals surface area contributed by atoms with E-state index in [9.17, 15) is 14.3 Å². The van der Waals surface area contributed by atoms with Crippen molar-refractivity contribution in [3.05, 3.63) is 30.1 Å². The molecule has 2 rings (SSSR count). The third-order valence-corrected chi connectivity index (χ3v) is 3.92. The Morgan fingerprint density at radius 1 is 1.43 bits per heavy atom. The number of ether oxygens (including phenoxy) is 1. The first-order valence-corrected chi connectivity index (χ1v) is 7.02. The van der Waals surface area contributed by atoms with Crippen molar-refractivity contribution in [3.63, 3.8) is 0 Å². The molecule has 0 aromatic heterocycles. The Morgan fingerprint density at radius 3 is 2.71 bits per heavy atom. The van der Waals surface area contributed by atoms with Gasteiger partial charge < -0.3 is 20.1 Å². The summed E-state index contributed by atoms with van der Waals surface area (Å²) in [6, 6.07) is 5.64. The molecule has 1 fully saturated rings. The summed E-state index contributed by atoms with van der Waals surface area (Å²) in [4.78, 5) is 13.6. The molecule has 0 radical (unpaired) electrons. The molecule has 0 atom stereocenters. The van der Waals surface area contributed by atoms with E-state index in [1.807, 2.05) is 0 Å². The molecule has 116 valence electrons. The number of carbonyl (C=O) groups excluding carboxylic acids is 1. The van der Waals surface area contributed by atoms with Crippen LogP contribution in [-0.2, 0) is 4.74 Å². The lowest BCUT2D eigenvalue weighted by Gasteiger charge is -2.38. The fourth-order valence-electron chi connectivity index (χ4n) is 2.52. The highest BCUT2D eigenvalue weighted by Gasteiger charge is 2.34. The summed E-state index contributed by atoms with van der Waals surface area (Å²) in [6.45, 7) is 1.59. The Balaban J connectivity index is 1.97. The standard InChI is InChI=1S/C15H21FN2O3/c1-18(10-15(11-19)6-8-21-9-7-15)14(20)17-13-5-3-2-4-12(13)16/h2-5,19H,6-11H2,1H3,(H,17,20). The lowest BCUT2D eigenvalue weighted by molar-refractivity contribution is -0.0255. The number of anilines is 1. The summed E-state index contributed by atoms with van der Waals surface area (Å²) in [7, 11) is 1.64. The van der Waals surface area contributed by atoms with Gasteiger partial charge in [-0.3, -0.25) is 0 Å². The van der Waals surface area contributed by atoms with Crippen molar-refractivity contribution in [2.75, 3.05) is 38.7 Å². The van der Waals surface area contributed by atoms with Crippen molar-refractivity contribution in [2.24, 2.45) is 5.41 Å². The molecule has 1 aromatic rings. The van der Waals surface area contributed by atoms with Gasteiger partial charge in [0, 0.05) is 32.2 Å². The van der Waals surface area contributed by atoms with Gasteiger partial charge in [-0.15, -0.1) is 0 Å². The van der Waals surface area contributed by atoms with Crippen LogP contribution in [0, 0.1) is 11.2 Å². The maximum absolute atomic E-state index is 13.5. The molecule has 1 heterocycles. The average molecular weight is 296 g/mol. The quantitative estimate of drug-likeness (QED) is 0.894. The SMILES string of the molecule is CN(CC1(CO)CCOCC1)C(=O)Nc1ccccc1F. The van der Waals surface area contributed by atoms with E-state index in [0.29, 0.717) is 32.6 Å². The Hall–Kier alpha value is -1.66. The average Bonchev–Trinajstić information content (AvgIpc) is 2.50. The molecule has 0 bridgehead atoms. The molecule has 21 heavy (non-hydrogen) atoms. The largest absolute Gasteiger partial charge is 0.396 e. The Labute approximate surface area is 123 Å². The van der Waals surface area contributed by atoms with Crippen LogP contribution in [0.4, 0.5) is 14.9 Å². The number of hydrogen-bond donors (Lipinski definition) is 2. The first kappa shape index (κ1) is 15.7. The molecule has 2 amide bonds. The zero-order valence-electron chi connectivity index (χ0n) is 12.1. The predicted octanol–water partition coefficient (Wildman–Crippen LogP) is 2.08. The lowest BCUT2D eigenvalue weighted by atomic mass is 9.80. The number of hydrogen-bond acceptors (Lipinski definition) is 3. The number of halogens is 1. The van der Waals surface area contributed by atoms with Gasteiger partial charge in [0.2, 0.25) is 0 Å². The van der Waals surface area contributed by atoms with E-state index in [0.717, 1.165) is 0 Å². The van der Waals surface area contributed by atoms with E-state index in [4.69, 9.17) is 4.74 Å². The molecule has 0 aliphatic carbocycles. The van der Waals surface area contributed by atoms with Gasteiger partial charge in [-0.05, 0) is 25.0 Å². The van der Waals surface area contributed by atoms with Crippen molar-refractivity contribution < 1.29 is 19.0 Å². The van der Waals surface area contributed by atoms with Gasteiger partial charge in [-0.1, -0.05) is 12.1 Å². The number of rotatable bonds is 4. The topological polar surface area (TPSA) is 61.8 Å². The molecule has 1 aliphatic heterocycles. The van der Waals surface area contributed by atoms with Crippen molar-refractivity contribution >= 4 is 11.7 Å². The molecule has 0 spiro atoms. The van der Waals surface area contributed by atoms with Gasteiger partial charge in [-0.2, -0.15) is 0 Å². The fraction of sp³-hybridized carbons (Fsp3) is 0.533. The maximum atomic E-state index is 13.5. The van der Waals surface area contributed by atoms with Crippen LogP contribution in [0.2, 0.25) is 0 Å². The minimum absolute atomic E-state index is 0.00762. The van der Waals surface area contributed by atoms with Crippen LogP contribution in [-0.4, -0.2) is 49.5 Å². The van der Waals surface area contributed by atoms with Gasteiger partial charge in [0.05, 0.1) is 12.3 Å². The molecule has 1 aliphatic rings. The Bertz CT molecular complexity index is 490. The van der Waals surface area contributed by atoms with Gasteiger partial charge in [0.15, 0.2) is 0 Å². The highest BCUT2D eigenvalue weighted by Crippen LogP contribution is 2.30. The first-order valence-electron chi connectivity index (χ1n) is 7.02. The summed E-state index contributed by atoms with van der Waals surface area (Å²) in [6.07, 6.45) is 1.42. The number of aliphatic hydroxyl groups excluding tert-OH is 1. The van der Waals surface area contributed by atoms with Crippen LogP contribution < -0.4 is 5.32 Å². The second-order valence-electron chi connectivity index (χ2n) is 5.54. The third-order valence-electron chi connectivity index (χ3n) is 3.92. The Kier molecular flexibility index (Phi) is 5.14. The zero-order chi connectivity index (χ0) is 15.3. The summed E-state index contributed by atoms with van der Waals surface area (Å²) in [5.74, 6) is -0.470. The summed E-state index contributed by atoms with van der Waals surface area (Å²) >= 11 is 0. The normalized spacial score (nSPS) is 17.3. The van der Waals surface area contributed by atoms with Gasteiger partial charge >= 0.3 is 6.03 Å². The number of para-hydroxylation sites is 1. The summed E-state index contributed by atoms with van der Waals surface area (Å²) < 4.78 is 18.8. The van der Waals surface area contributed by atoms with Crippen molar-refractivity contribution in [1.29, 1.82) is 0 Å². The van der Waals surface area contributed by atoms with E-state index >= 15 is 0 Å². The van der Waals surface area contributed by atoms with E-state index in [1.54, 1.807) is 19.2 Å². The molecule has 0 unspecified atom stereocenters. The number of nitrogens with one attached hydrogen (secondary N) is 1. The van der Waals surface area contributed by atoms with E-state index in [1.165, 1.54) is 17.0 Å². The highest BCUT2D eigenvalue weighted by molar-refractivity contribution is 5.89. The van der Waals surface area contributed by atoms with Gasteiger partial charge in [0.25, 0.3) is 0 Å². The minimum atomic E-state index is -0.470. The smallest absolute Gasteiger partial charge is 0.321 e. The molecule has 1 saturated heterocycles. The first-order chi connectivity index (χ1) is 10.1. The van der Waals surface area contributed by atoms with Crippen LogP contribution in [0.1, 0.15) is 12.8 Å². The van der Waals surface area contributed by atoms with Crippen molar-refractivity contribution in [2.45, 2.75) is 12.8 Å². The summed E-state index contributed by atoms with van der Waals surface area (Å²) in [5, 5.41) is 12.2. The molecule has 6 heteroatoms. The minimum Gasteiger partial charge on any atom is -0.396 e. The fourth-order valence-corrected chi connectivity index (χ4v) is 2.52. The van der Waals surface area contributed by atoms with Gasteiger partial charge in [0.1, 0.15) is 5.82 Å². The third kappa shape index (κ3) is 3.92. The number of aliphatic hydroxyl groups is 1. The number of amides is 2. The Morgan fingerprint density at radius 2 is 2.10 bits per heavy atom. The van der Waals surface area contributed by atoms with Crippen LogP contribution >= 0.6 is 0 Å². The highest BCUT2D eigenvalue weighted by atomic mass is 19.1. The molecule has 5 nitrogen and oxygen atoms in total. The molecule has 2 N–H and O–H groups in total. The number of carbonyl (C=O) groups is 1. The molecular weight excluding hydrogens is 275 g/mol. The van der Waals surface area contributed by atoms with E-state index in [2.05, 4.69) is 5.32 Å². The van der Waals surface area contributed by atoms with Crippen molar-refractivity contribution in [3.8, 4) is 0 Å². The monoisotopic (exact) mass is 296 g/mol. The van der Waals surface area contributed by atoms with E-state index < -0.39 is 5.82 Å². The van der Waals surface area contributed by atoms with E-state index in [-0.39, 0.29) is 23.7 Å². The zero-order valence-corrected chi connectivity index (χ0v) is 12.1. The number of urea groups is 1. The van der Waals surface area contributed by atoms with Crippen LogP contribution in [0.25, 0.3) is 0 Å². The van der Waals surface area contributed by atoms with Crippen LogP contribution in [0.3, 0.4) is 0 Å². The molecule has 1 aromatic carbocycles. The second-order valence-corrected chi connectivity index (χ2v) is 5.54. The maximum Gasteiger partial charge on any atom is 0.321 e. The molecular formula is C15H21FN2O3. The predicted molar refractivity (Wildman–Crippen MR) is 77.6 cm³/mol. The van der Waals surface area contributed by atoms with Crippen LogP contribution in [0.15, 0.2) is 24.3 Å². The van der Waals surface area contributed by atoms with Gasteiger partial charge in [-0.25, -0.2) is 9.18 Å². The second kappa shape index (κ2) is 6.87. The van der Waals surface area contributed by atoms with Crippen LogP contribution in [0.5, 0.6) is 0 Å². The number of benzene rings is 1. The lowest BCUT2D eigenvalue weighted by Crippen LogP contribution is -2.45. The molecule has 0 saturated carbocycles.